The lowest BCUT2D eigenvalue weighted by atomic mass is 9.92. The average molecular weight is 725 g/mol. The minimum atomic E-state index is -0.532. The van der Waals surface area contributed by atoms with Gasteiger partial charge in [0.1, 0.15) is 23.3 Å². The molecule has 2 heterocycles. The molecule has 0 radical (unpaired) electrons. The molecule has 4 aromatic rings. The van der Waals surface area contributed by atoms with Crippen LogP contribution in [0.1, 0.15) is 53.6 Å². The number of rotatable bonds is 17. The van der Waals surface area contributed by atoms with Gasteiger partial charge < -0.3 is 35.7 Å². The van der Waals surface area contributed by atoms with Crippen molar-refractivity contribution in [3.8, 4) is 34.6 Å². The van der Waals surface area contributed by atoms with Crippen molar-refractivity contribution >= 4 is 35.0 Å². The molecule has 2 atom stereocenters. The number of carbonyl (C=O) groups excluding carboxylic acids is 2. The normalized spacial score (nSPS) is 12.2. The number of amides is 2. The van der Waals surface area contributed by atoms with Crippen LogP contribution in [0.25, 0.3) is 11.1 Å². The standard InChI is InChI=1S/C37H43Cl2N5O6/c1-20(32(40)45)13-14-24-15-30(38)36(43-34(24)47-5)49-18-25-9-7-11-28(21(25)2)29-12-8-10-26(22(29)3)19-50-37-31(39)16-27(35(44-37)48-6)17-42-23(4)33(41)46/h7-12,15-16,20,23,42H,13-14,17-19H2,1-6H3,(H2,40,45)(H2,41,46)/t20-,23+/m0/s1. The fourth-order valence-corrected chi connectivity index (χ4v) is 5.74. The Bertz CT molecular complexity index is 1720. The molecule has 11 nitrogen and oxygen atoms in total. The largest absolute Gasteiger partial charge is 0.481 e. The minimum Gasteiger partial charge on any atom is -0.481 e. The second-order valence-corrected chi connectivity index (χ2v) is 12.8. The highest BCUT2D eigenvalue weighted by Gasteiger charge is 2.19. The smallest absolute Gasteiger partial charge is 0.236 e. The Balaban J connectivity index is 1.49. The van der Waals surface area contributed by atoms with Gasteiger partial charge in [-0.15, -0.1) is 0 Å². The van der Waals surface area contributed by atoms with Gasteiger partial charge in [-0.3, -0.25) is 9.59 Å². The summed E-state index contributed by atoms with van der Waals surface area (Å²) in [6, 6.07) is 15.0. The van der Waals surface area contributed by atoms with Crippen LogP contribution in [0.15, 0.2) is 48.5 Å². The number of hydrogen-bond donors (Lipinski definition) is 3. The van der Waals surface area contributed by atoms with Crippen LogP contribution in [0.4, 0.5) is 0 Å². The Kier molecular flexibility index (Phi) is 13.3. The second kappa shape index (κ2) is 17.4. The van der Waals surface area contributed by atoms with Crippen molar-refractivity contribution in [2.75, 3.05) is 14.2 Å². The zero-order valence-electron chi connectivity index (χ0n) is 29.1. The molecule has 5 N–H and O–H groups in total. The maximum atomic E-state index is 11.5. The quantitative estimate of drug-likeness (QED) is 0.114. The molecule has 0 saturated carbocycles. The van der Waals surface area contributed by atoms with Crippen molar-refractivity contribution < 1.29 is 28.5 Å². The van der Waals surface area contributed by atoms with Gasteiger partial charge in [-0.2, -0.15) is 9.97 Å². The first kappa shape index (κ1) is 38.2. The number of benzene rings is 2. The van der Waals surface area contributed by atoms with Crippen molar-refractivity contribution in [3.05, 3.63) is 92.0 Å². The molecule has 0 bridgehead atoms. The zero-order valence-corrected chi connectivity index (χ0v) is 30.6. The monoisotopic (exact) mass is 723 g/mol. The van der Waals surface area contributed by atoms with Gasteiger partial charge in [0, 0.05) is 23.6 Å². The number of aromatic nitrogens is 2. The van der Waals surface area contributed by atoms with Crippen molar-refractivity contribution in [3.63, 3.8) is 0 Å². The lowest BCUT2D eigenvalue weighted by Gasteiger charge is -2.18. The van der Waals surface area contributed by atoms with Gasteiger partial charge >= 0.3 is 0 Å². The Morgan fingerprint density at radius 2 is 1.22 bits per heavy atom. The summed E-state index contributed by atoms with van der Waals surface area (Å²) in [4.78, 5) is 31.8. The summed E-state index contributed by atoms with van der Waals surface area (Å²) in [6.07, 6.45) is 1.08. The highest BCUT2D eigenvalue weighted by Crippen LogP contribution is 2.34. The molecule has 0 aliphatic heterocycles. The van der Waals surface area contributed by atoms with Crippen molar-refractivity contribution in [2.24, 2.45) is 17.4 Å². The SMILES string of the molecule is COc1nc(OCc2cccc(-c3cccc(COc4nc(OC)c(CN[C@H](C)C(N)=O)cc4Cl)c3C)c2C)c(Cl)cc1CC[C@H](C)C(N)=O. The van der Waals surface area contributed by atoms with E-state index in [0.29, 0.717) is 40.2 Å². The summed E-state index contributed by atoms with van der Waals surface area (Å²) in [5.41, 5.74) is 18.3. The van der Waals surface area contributed by atoms with Gasteiger partial charge in [0.15, 0.2) is 0 Å². The highest BCUT2D eigenvalue weighted by atomic mass is 35.5. The molecule has 2 aromatic heterocycles. The lowest BCUT2D eigenvalue weighted by Crippen LogP contribution is -2.38. The van der Waals surface area contributed by atoms with E-state index < -0.39 is 11.9 Å². The number of pyridine rings is 2. The molecule has 0 unspecified atom stereocenters. The van der Waals surface area contributed by atoms with Crippen LogP contribution in [-0.2, 0) is 35.8 Å². The van der Waals surface area contributed by atoms with Gasteiger partial charge in [-0.25, -0.2) is 0 Å². The molecule has 4 rings (SSSR count). The number of aryl methyl sites for hydroxylation is 1. The van der Waals surface area contributed by atoms with Crippen LogP contribution in [0.5, 0.6) is 23.5 Å². The number of nitrogens with one attached hydrogen (secondary N) is 1. The van der Waals surface area contributed by atoms with Crippen LogP contribution in [0, 0.1) is 19.8 Å². The number of hydrogen-bond acceptors (Lipinski definition) is 9. The van der Waals surface area contributed by atoms with E-state index in [0.717, 1.165) is 38.9 Å². The maximum absolute atomic E-state index is 11.5. The van der Waals surface area contributed by atoms with Gasteiger partial charge in [-0.05, 0) is 79.1 Å². The van der Waals surface area contributed by atoms with Crippen LogP contribution in [-0.4, -0.2) is 42.0 Å². The van der Waals surface area contributed by atoms with Crippen LogP contribution in [0.3, 0.4) is 0 Å². The van der Waals surface area contributed by atoms with Crippen LogP contribution >= 0.6 is 23.2 Å². The molecule has 0 aliphatic carbocycles. The Labute approximate surface area is 302 Å². The molecular formula is C37H43Cl2N5O6. The first-order valence-electron chi connectivity index (χ1n) is 16.1. The molecule has 0 aliphatic rings. The van der Waals surface area contributed by atoms with Gasteiger partial charge in [0.25, 0.3) is 0 Å². The van der Waals surface area contributed by atoms with E-state index >= 15 is 0 Å². The van der Waals surface area contributed by atoms with E-state index in [1.807, 2.05) is 38.1 Å². The molecule has 13 heteroatoms. The van der Waals surface area contributed by atoms with Gasteiger partial charge in [-0.1, -0.05) is 66.5 Å². The van der Waals surface area contributed by atoms with Crippen molar-refractivity contribution in [1.29, 1.82) is 0 Å². The third kappa shape index (κ3) is 9.35. The Hall–Kier alpha value is -4.58. The van der Waals surface area contributed by atoms with E-state index in [2.05, 4.69) is 27.4 Å². The molecule has 266 valence electrons. The first-order chi connectivity index (χ1) is 23.8. The number of nitrogens with zero attached hydrogens (tertiary/aromatic N) is 2. The van der Waals surface area contributed by atoms with E-state index in [1.54, 1.807) is 26.0 Å². The zero-order chi connectivity index (χ0) is 36.5. The third-order valence-electron chi connectivity index (χ3n) is 8.62. The summed E-state index contributed by atoms with van der Waals surface area (Å²) in [5, 5.41) is 3.68. The van der Waals surface area contributed by atoms with Gasteiger partial charge in [0.05, 0.1) is 20.3 Å². The fraction of sp³-hybridized carbons (Fsp3) is 0.351. The summed E-state index contributed by atoms with van der Waals surface area (Å²) >= 11 is 13.1. The molecule has 0 fully saturated rings. The molecule has 2 amide bonds. The first-order valence-corrected chi connectivity index (χ1v) is 16.8. The fourth-order valence-electron chi connectivity index (χ4n) is 5.28. The van der Waals surface area contributed by atoms with Crippen LogP contribution in [0.2, 0.25) is 10.0 Å². The number of halogens is 2. The van der Waals surface area contributed by atoms with Crippen LogP contribution < -0.4 is 35.7 Å². The number of methoxy groups -OCH3 is 2. The van der Waals surface area contributed by atoms with E-state index in [4.69, 9.17) is 53.6 Å². The van der Waals surface area contributed by atoms with Gasteiger partial charge in [0.2, 0.25) is 35.3 Å². The molecule has 0 spiro atoms. The predicted molar refractivity (Wildman–Crippen MR) is 194 cm³/mol. The maximum Gasteiger partial charge on any atom is 0.236 e. The number of nitrogens with two attached hydrogens (primary N) is 2. The predicted octanol–water partition coefficient (Wildman–Crippen LogP) is 6.26. The Morgan fingerprint density at radius 3 is 1.68 bits per heavy atom. The number of ether oxygens (including phenoxy) is 4. The van der Waals surface area contributed by atoms with Crippen molar-refractivity contribution in [1.82, 2.24) is 15.3 Å². The molecule has 50 heavy (non-hydrogen) atoms. The summed E-state index contributed by atoms with van der Waals surface area (Å²) < 4.78 is 23.1. The van der Waals surface area contributed by atoms with E-state index in [-0.39, 0.29) is 43.3 Å². The molecule has 2 aromatic carbocycles. The third-order valence-corrected chi connectivity index (χ3v) is 9.16. The lowest BCUT2D eigenvalue weighted by molar-refractivity contribution is -0.121. The minimum absolute atomic E-state index is 0.219. The topological polar surface area (TPSA) is 161 Å². The second-order valence-electron chi connectivity index (χ2n) is 12.0. The molecular weight excluding hydrogens is 681 g/mol. The molecule has 0 saturated heterocycles. The van der Waals surface area contributed by atoms with E-state index in [1.165, 1.54) is 14.2 Å². The van der Waals surface area contributed by atoms with E-state index in [9.17, 15) is 9.59 Å². The van der Waals surface area contributed by atoms with Crippen molar-refractivity contribution in [2.45, 2.75) is 66.3 Å². The summed E-state index contributed by atoms with van der Waals surface area (Å²) in [5.74, 6) is 0.0911. The average Bonchev–Trinajstić information content (AvgIpc) is 3.09. The number of carbonyl (C=O) groups is 2. The number of primary amides is 2. The summed E-state index contributed by atoms with van der Waals surface area (Å²) in [6.45, 7) is 8.29. The highest BCUT2D eigenvalue weighted by molar-refractivity contribution is 6.32. The summed E-state index contributed by atoms with van der Waals surface area (Å²) in [7, 11) is 3.04. The Morgan fingerprint density at radius 1 is 0.740 bits per heavy atom.